The van der Waals surface area contributed by atoms with Gasteiger partial charge in [-0.25, -0.2) is 9.97 Å². The Balaban J connectivity index is 1.62. The second-order valence-electron chi connectivity index (χ2n) is 9.21. The number of benzene rings is 1. The van der Waals surface area contributed by atoms with Gasteiger partial charge in [-0.05, 0) is 68.7 Å². The highest BCUT2D eigenvalue weighted by atomic mass is 15.2. The van der Waals surface area contributed by atoms with Gasteiger partial charge in [-0.3, -0.25) is 4.99 Å². The van der Waals surface area contributed by atoms with Gasteiger partial charge in [-0.2, -0.15) is 5.26 Å². The van der Waals surface area contributed by atoms with Crippen LogP contribution >= 0.6 is 0 Å². The van der Waals surface area contributed by atoms with Crippen LogP contribution in [0, 0.1) is 30.6 Å². The van der Waals surface area contributed by atoms with Gasteiger partial charge in [0.1, 0.15) is 11.6 Å². The average Bonchev–Trinajstić information content (AvgIpc) is 3.40. The molecule has 1 aromatic carbocycles. The largest absolute Gasteiger partial charge is 0.356 e. The summed E-state index contributed by atoms with van der Waals surface area (Å²) in [6.45, 7) is 8.24. The van der Waals surface area contributed by atoms with Crippen LogP contribution in [0.3, 0.4) is 0 Å². The van der Waals surface area contributed by atoms with Crippen molar-refractivity contribution in [2.24, 2.45) is 17.5 Å². The second-order valence-corrected chi connectivity index (χ2v) is 9.21. The number of anilines is 1. The van der Waals surface area contributed by atoms with Crippen LogP contribution in [0.15, 0.2) is 35.5 Å². The van der Waals surface area contributed by atoms with Crippen LogP contribution in [0.5, 0.6) is 0 Å². The lowest BCUT2D eigenvalue weighted by molar-refractivity contribution is 0.580. The van der Waals surface area contributed by atoms with Crippen molar-refractivity contribution in [3.8, 4) is 6.07 Å². The Labute approximate surface area is 182 Å². The summed E-state index contributed by atoms with van der Waals surface area (Å²) < 4.78 is 2.07. The van der Waals surface area contributed by atoms with E-state index < -0.39 is 0 Å². The molecule has 0 unspecified atom stereocenters. The molecule has 3 aromatic rings. The third-order valence-corrected chi connectivity index (χ3v) is 7.21. The summed E-state index contributed by atoms with van der Waals surface area (Å²) in [7, 11) is 2.02. The predicted octanol–water partition coefficient (Wildman–Crippen LogP) is 4.11. The minimum atomic E-state index is -0.103. The molecular weight excluding hydrogens is 384 g/mol. The highest BCUT2D eigenvalue weighted by molar-refractivity contribution is 5.80. The lowest BCUT2D eigenvalue weighted by Crippen LogP contribution is -2.23. The molecule has 0 radical (unpaired) electrons. The molecule has 2 aromatic heterocycles. The lowest BCUT2D eigenvalue weighted by atomic mass is 9.98. The van der Waals surface area contributed by atoms with Gasteiger partial charge in [0.15, 0.2) is 5.49 Å². The van der Waals surface area contributed by atoms with Gasteiger partial charge >= 0.3 is 0 Å². The summed E-state index contributed by atoms with van der Waals surface area (Å²) in [5, 5.41) is 10.4. The van der Waals surface area contributed by atoms with Gasteiger partial charge in [-0.15, -0.1) is 0 Å². The number of hydrogen-bond donors (Lipinski definition) is 0. The molecule has 6 nitrogen and oxygen atoms in total. The zero-order valence-electron chi connectivity index (χ0n) is 18.7. The number of aryl methyl sites for hydroxylation is 2. The molecule has 6 heteroatoms. The minimum absolute atomic E-state index is 0.103. The zero-order chi connectivity index (χ0) is 21.8. The molecule has 1 aliphatic carbocycles. The molecule has 5 rings (SSSR count). The van der Waals surface area contributed by atoms with Crippen molar-refractivity contribution in [3.05, 3.63) is 58.5 Å². The molecule has 0 N–H and O–H groups in total. The monoisotopic (exact) mass is 412 g/mol. The quantitative estimate of drug-likeness (QED) is 0.649. The molecule has 2 aliphatic rings. The minimum Gasteiger partial charge on any atom is -0.356 e. The van der Waals surface area contributed by atoms with E-state index in [2.05, 4.69) is 34.6 Å². The summed E-state index contributed by atoms with van der Waals surface area (Å²) in [6.07, 6.45) is 5.94. The van der Waals surface area contributed by atoms with Crippen molar-refractivity contribution in [2.75, 3.05) is 18.0 Å². The Morgan fingerprint density at radius 3 is 2.74 bits per heavy atom. The third kappa shape index (κ3) is 3.38. The standard InChI is InChI=1S/C25H28N6/c1-16-19(13-26)6-5-7-20(16)17(2)28-24-21-12-23(31-11-10-25(15-31)8-9-25)27-14-22(21)30(4)18(3)29-24/h5-7,12,14,17H,8-11,15H2,1-4H3/t17-/m1/s1. The predicted molar refractivity (Wildman–Crippen MR) is 122 cm³/mol. The smallest absolute Gasteiger partial charge is 0.159 e. The van der Waals surface area contributed by atoms with Gasteiger partial charge in [-0.1, -0.05) is 12.1 Å². The van der Waals surface area contributed by atoms with E-state index in [1.807, 2.05) is 39.2 Å². The number of fused-ring (bicyclic) bond motifs is 1. The Hall–Kier alpha value is -3.20. The Morgan fingerprint density at radius 2 is 2.03 bits per heavy atom. The molecule has 31 heavy (non-hydrogen) atoms. The Bertz CT molecular complexity index is 1290. The van der Waals surface area contributed by atoms with E-state index in [9.17, 15) is 5.26 Å². The summed E-state index contributed by atoms with van der Waals surface area (Å²) in [4.78, 5) is 17.1. The molecule has 2 fully saturated rings. The van der Waals surface area contributed by atoms with E-state index in [4.69, 9.17) is 15.0 Å². The number of hydrogen-bond acceptors (Lipinski definition) is 5. The summed E-state index contributed by atoms with van der Waals surface area (Å²) in [5.41, 5.74) is 5.07. The fraction of sp³-hybridized carbons (Fsp3) is 0.440. The van der Waals surface area contributed by atoms with Gasteiger partial charge in [0.05, 0.1) is 29.4 Å². The van der Waals surface area contributed by atoms with Crippen molar-refractivity contribution >= 4 is 16.7 Å². The Kier molecular flexibility index (Phi) is 4.58. The molecule has 158 valence electrons. The van der Waals surface area contributed by atoms with E-state index in [-0.39, 0.29) is 6.04 Å². The zero-order valence-corrected chi connectivity index (χ0v) is 18.7. The van der Waals surface area contributed by atoms with Crippen LogP contribution in [-0.4, -0.2) is 27.6 Å². The number of nitriles is 1. The molecule has 0 bridgehead atoms. The van der Waals surface area contributed by atoms with Gasteiger partial charge in [0.25, 0.3) is 0 Å². The van der Waals surface area contributed by atoms with Gasteiger partial charge in [0, 0.05) is 25.5 Å². The molecule has 0 amide bonds. The van der Waals surface area contributed by atoms with E-state index >= 15 is 0 Å². The van der Waals surface area contributed by atoms with Crippen molar-refractivity contribution in [1.82, 2.24) is 14.5 Å². The second kappa shape index (κ2) is 7.19. The van der Waals surface area contributed by atoms with Crippen LogP contribution in [0.2, 0.25) is 0 Å². The first-order valence-electron chi connectivity index (χ1n) is 11.0. The molecule has 1 atom stereocenters. The lowest BCUT2D eigenvalue weighted by Gasteiger charge is -2.19. The van der Waals surface area contributed by atoms with Crippen molar-refractivity contribution in [1.29, 1.82) is 5.26 Å². The van der Waals surface area contributed by atoms with Crippen molar-refractivity contribution in [3.63, 3.8) is 0 Å². The van der Waals surface area contributed by atoms with Crippen LogP contribution in [-0.2, 0) is 7.05 Å². The number of aromatic nitrogens is 3. The number of nitrogens with zero attached hydrogens (tertiary/aromatic N) is 6. The molecule has 1 saturated carbocycles. The normalized spacial score (nSPS) is 18.5. The molecular formula is C25H28N6. The maximum Gasteiger partial charge on any atom is 0.159 e. The highest BCUT2D eigenvalue weighted by Gasteiger charge is 2.47. The third-order valence-electron chi connectivity index (χ3n) is 7.21. The van der Waals surface area contributed by atoms with E-state index in [1.165, 1.54) is 19.3 Å². The summed E-state index contributed by atoms with van der Waals surface area (Å²) in [6, 6.07) is 10.2. The topological polar surface area (TPSA) is 70.1 Å². The van der Waals surface area contributed by atoms with E-state index in [1.54, 1.807) is 0 Å². The average molecular weight is 413 g/mol. The first kappa shape index (κ1) is 19.7. The van der Waals surface area contributed by atoms with Crippen LogP contribution in [0.4, 0.5) is 5.82 Å². The first-order valence-corrected chi connectivity index (χ1v) is 11.0. The molecule has 1 spiro atoms. The van der Waals surface area contributed by atoms with Crippen LogP contribution in [0.25, 0.3) is 10.9 Å². The molecule has 3 heterocycles. The van der Waals surface area contributed by atoms with Crippen LogP contribution in [0.1, 0.15) is 54.7 Å². The van der Waals surface area contributed by atoms with E-state index in [0.717, 1.165) is 52.2 Å². The first-order chi connectivity index (χ1) is 14.9. The summed E-state index contributed by atoms with van der Waals surface area (Å²) >= 11 is 0. The van der Waals surface area contributed by atoms with E-state index in [0.29, 0.717) is 11.0 Å². The maximum atomic E-state index is 9.39. The Morgan fingerprint density at radius 1 is 1.23 bits per heavy atom. The maximum absolute atomic E-state index is 9.39. The van der Waals surface area contributed by atoms with Crippen LogP contribution < -0.4 is 10.4 Å². The van der Waals surface area contributed by atoms with Crippen molar-refractivity contribution < 1.29 is 0 Å². The molecule has 1 aliphatic heterocycles. The fourth-order valence-electron chi connectivity index (χ4n) is 4.81. The number of pyridine rings is 1. The molecule has 1 saturated heterocycles. The summed E-state index contributed by atoms with van der Waals surface area (Å²) in [5.74, 6) is 1.92. The van der Waals surface area contributed by atoms with Gasteiger partial charge in [0.2, 0.25) is 0 Å². The van der Waals surface area contributed by atoms with Gasteiger partial charge < -0.3 is 9.47 Å². The fourth-order valence-corrected chi connectivity index (χ4v) is 4.81. The van der Waals surface area contributed by atoms with Crippen molar-refractivity contribution in [2.45, 2.75) is 46.1 Å². The highest BCUT2D eigenvalue weighted by Crippen LogP contribution is 2.53. The number of rotatable bonds is 3. The SMILES string of the molecule is Cc1c(C#N)cccc1[C@@H](C)N=c1nc(C)n(C)c2cnc(N3CCC4(CC4)C3)cc12.